The number of benzene rings is 2. The summed E-state index contributed by atoms with van der Waals surface area (Å²) in [6.45, 7) is 4.16. The summed E-state index contributed by atoms with van der Waals surface area (Å²) in [5.41, 5.74) is 11.0. The lowest BCUT2D eigenvalue weighted by Crippen LogP contribution is -2.12. The summed E-state index contributed by atoms with van der Waals surface area (Å²) < 4.78 is 1.08. The summed E-state index contributed by atoms with van der Waals surface area (Å²) in [5, 5.41) is 0. The molecule has 0 heterocycles. The third-order valence-corrected chi connectivity index (χ3v) is 3.32. The number of aryl methyl sites for hydroxylation is 2. The molecule has 0 saturated carbocycles. The van der Waals surface area contributed by atoms with Crippen LogP contribution in [-0.2, 0) is 0 Å². The van der Waals surface area contributed by atoms with Crippen molar-refractivity contribution in [3.63, 3.8) is 0 Å². The molecule has 88 valence electrons. The maximum absolute atomic E-state index is 6.28. The Kier molecular flexibility index (Phi) is 3.65. The minimum atomic E-state index is -0.0631. The Morgan fingerprint density at radius 2 is 1.53 bits per heavy atom. The molecule has 2 aromatic rings. The smallest absolute Gasteiger partial charge is 0.0552 e. The van der Waals surface area contributed by atoms with Gasteiger partial charge in [0.2, 0.25) is 0 Å². The highest BCUT2D eigenvalue weighted by atomic mass is 79.9. The third-order valence-electron chi connectivity index (χ3n) is 2.86. The highest BCUT2D eigenvalue weighted by Crippen LogP contribution is 2.24. The van der Waals surface area contributed by atoms with Crippen molar-refractivity contribution in [3.05, 3.63) is 69.2 Å². The molecule has 17 heavy (non-hydrogen) atoms. The van der Waals surface area contributed by atoms with Crippen molar-refractivity contribution in [1.82, 2.24) is 0 Å². The quantitative estimate of drug-likeness (QED) is 0.884. The van der Waals surface area contributed by atoms with E-state index in [4.69, 9.17) is 5.73 Å². The van der Waals surface area contributed by atoms with E-state index in [0.29, 0.717) is 0 Å². The summed E-state index contributed by atoms with van der Waals surface area (Å²) >= 11 is 3.51. The van der Waals surface area contributed by atoms with Gasteiger partial charge in [-0.2, -0.15) is 0 Å². The lowest BCUT2D eigenvalue weighted by molar-refractivity contribution is 0.868. The average molecular weight is 290 g/mol. The molecule has 0 spiro atoms. The molecule has 0 bridgehead atoms. The summed E-state index contributed by atoms with van der Waals surface area (Å²) in [6, 6.07) is 14.6. The van der Waals surface area contributed by atoms with Gasteiger partial charge in [0.1, 0.15) is 0 Å². The van der Waals surface area contributed by atoms with Crippen molar-refractivity contribution in [2.24, 2.45) is 5.73 Å². The molecular formula is C15H16BrN. The topological polar surface area (TPSA) is 26.0 Å². The van der Waals surface area contributed by atoms with Gasteiger partial charge < -0.3 is 5.73 Å². The lowest BCUT2D eigenvalue weighted by Gasteiger charge is -2.14. The minimum Gasteiger partial charge on any atom is -0.320 e. The van der Waals surface area contributed by atoms with Gasteiger partial charge in [-0.15, -0.1) is 0 Å². The standard InChI is InChI=1S/C15H16BrN/c1-10-3-5-12(6-4-10)15(17)13-7-11(2)8-14(16)9-13/h3-9,15H,17H2,1-2H3. The van der Waals surface area contributed by atoms with Crippen LogP contribution in [0.25, 0.3) is 0 Å². The van der Waals surface area contributed by atoms with Crippen molar-refractivity contribution >= 4 is 15.9 Å². The molecule has 1 atom stereocenters. The van der Waals surface area contributed by atoms with Crippen molar-refractivity contribution in [1.29, 1.82) is 0 Å². The van der Waals surface area contributed by atoms with E-state index in [1.807, 2.05) is 0 Å². The first-order valence-electron chi connectivity index (χ1n) is 5.65. The van der Waals surface area contributed by atoms with Crippen LogP contribution in [0.1, 0.15) is 28.3 Å². The molecule has 1 unspecified atom stereocenters. The van der Waals surface area contributed by atoms with Crippen LogP contribution < -0.4 is 5.73 Å². The van der Waals surface area contributed by atoms with Crippen LogP contribution in [-0.4, -0.2) is 0 Å². The summed E-state index contributed by atoms with van der Waals surface area (Å²) in [4.78, 5) is 0. The van der Waals surface area contributed by atoms with Gasteiger partial charge in [0.25, 0.3) is 0 Å². The number of nitrogens with two attached hydrogens (primary N) is 1. The Morgan fingerprint density at radius 3 is 2.12 bits per heavy atom. The second-order valence-electron chi connectivity index (χ2n) is 4.45. The van der Waals surface area contributed by atoms with Gasteiger partial charge in [-0.25, -0.2) is 0 Å². The highest BCUT2D eigenvalue weighted by Gasteiger charge is 2.09. The predicted octanol–water partition coefficient (Wildman–Crippen LogP) is 4.11. The van der Waals surface area contributed by atoms with Crippen LogP contribution in [0.2, 0.25) is 0 Å². The molecule has 0 radical (unpaired) electrons. The van der Waals surface area contributed by atoms with Crippen molar-refractivity contribution in [2.75, 3.05) is 0 Å². The average Bonchev–Trinajstić information content (AvgIpc) is 2.28. The second-order valence-corrected chi connectivity index (χ2v) is 5.37. The van der Waals surface area contributed by atoms with Crippen LogP contribution in [0.5, 0.6) is 0 Å². The maximum atomic E-state index is 6.28. The summed E-state index contributed by atoms with van der Waals surface area (Å²) in [6.07, 6.45) is 0. The van der Waals surface area contributed by atoms with Crippen molar-refractivity contribution < 1.29 is 0 Å². The molecule has 0 amide bonds. The number of halogens is 1. The van der Waals surface area contributed by atoms with Gasteiger partial charge in [0, 0.05) is 4.47 Å². The van der Waals surface area contributed by atoms with Crippen molar-refractivity contribution in [3.8, 4) is 0 Å². The minimum absolute atomic E-state index is 0.0631. The first-order chi connectivity index (χ1) is 8.06. The highest BCUT2D eigenvalue weighted by molar-refractivity contribution is 9.10. The van der Waals surface area contributed by atoms with E-state index >= 15 is 0 Å². The SMILES string of the molecule is Cc1ccc(C(N)c2cc(C)cc(Br)c2)cc1. The fourth-order valence-electron chi connectivity index (χ4n) is 1.91. The van der Waals surface area contributed by atoms with Crippen LogP contribution in [0.15, 0.2) is 46.9 Å². The maximum Gasteiger partial charge on any atom is 0.0552 e. The van der Waals surface area contributed by atoms with Gasteiger partial charge in [-0.05, 0) is 42.7 Å². The molecule has 2 N–H and O–H groups in total. The van der Waals surface area contributed by atoms with Gasteiger partial charge in [0.05, 0.1) is 6.04 Å². The van der Waals surface area contributed by atoms with Gasteiger partial charge in [0.15, 0.2) is 0 Å². The van der Waals surface area contributed by atoms with Crippen LogP contribution >= 0.6 is 15.9 Å². The molecule has 2 rings (SSSR count). The van der Waals surface area contributed by atoms with E-state index in [2.05, 4.69) is 72.2 Å². The number of hydrogen-bond acceptors (Lipinski definition) is 1. The Morgan fingerprint density at radius 1 is 0.882 bits per heavy atom. The molecule has 2 heteroatoms. The van der Waals surface area contributed by atoms with Crippen LogP contribution in [0, 0.1) is 13.8 Å². The molecule has 0 saturated heterocycles. The molecule has 0 aliphatic heterocycles. The normalized spacial score (nSPS) is 12.5. The van der Waals surface area contributed by atoms with E-state index in [-0.39, 0.29) is 6.04 Å². The second kappa shape index (κ2) is 5.03. The molecule has 0 fully saturated rings. The van der Waals surface area contributed by atoms with E-state index in [9.17, 15) is 0 Å². The largest absolute Gasteiger partial charge is 0.320 e. The van der Waals surface area contributed by atoms with E-state index in [0.717, 1.165) is 15.6 Å². The number of rotatable bonds is 2. The zero-order valence-corrected chi connectivity index (χ0v) is 11.7. The molecular weight excluding hydrogens is 274 g/mol. The van der Waals surface area contributed by atoms with E-state index < -0.39 is 0 Å². The zero-order chi connectivity index (χ0) is 12.4. The Labute approximate surface area is 111 Å². The van der Waals surface area contributed by atoms with E-state index in [1.165, 1.54) is 11.1 Å². The first kappa shape index (κ1) is 12.3. The predicted molar refractivity (Wildman–Crippen MR) is 76.1 cm³/mol. The fourth-order valence-corrected chi connectivity index (χ4v) is 2.54. The van der Waals surface area contributed by atoms with Crippen LogP contribution in [0.4, 0.5) is 0 Å². The molecule has 2 aromatic carbocycles. The fraction of sp³-hybridized carbons (Fsp3) is 0.200. The summed E-state index contributed by atoms with van der Waals surface area (Å²) in [7, 11) is 0. The molecule has 1 nitrogen and oxygen atoms in total. The van der Waals surface area contributed by atoms with E-state index in [1.54, 1.807) is 0 Å². The third kappa shape index (κ3) is 2.96. The first-order valence-corrected chi connectivity index (χ1v) is 6.45. The zero-order valence-electron chi connectivity index (χ0n) is 10.1. The van der Waals surface area contributed by atoms with Gasteiger partial charge >= 0.3 is 0 Å². The van der Waals surface area contributed by atoms with Crippen molar-refractivity contribution in [2.45, 2.75) is 19.9 Å². The van der Waals surface area contributed by atoms with Crippen LogP contribution in [0.3, 0.4) is 0 Å². The monoisotopic (exact) mass is 289 g/mol. The lowest BCUT2D eigenvalue weighted by atomic mass is 9.97. The molecule has 0 aliphatic carbocycles. The number of hydrogen-bond donors (Lipinski definition) is 1. The molecule has 0 aliphatic rings. The Bertz CT molecular complexity index is 497. The summed E-state index contributed by atoms with van der Waals surface area (Å²) in [5.74, 6) is 0. The Hall–Kier alpha value is -1.12. The van der Waals surface area contributed by atoms with Gasteiger partial charge in [-0.1, -0.05) is 51.8 Å². The Balaban J connectivity index is 2.36. The van der Waals surface area contributed by atoms with Gasteiger partial charge in [-0.3, -0.25) is 0 Å². The molecule has 0 aromatic heterocycles.